The summed E-state index contributed by atoms with van der Waals surface area (Å²) in [5, 5.41) is 21.1. The van der Waals surface area contributed by atoms with E-state index in [1.54, 1.807) is 0 Å². The molecule has 1 saturated heterocycles. The number of carbonyl (C=O) groups excluding carboxylic acids is 1. The van der Waals surface area contributed by atoms with E-state index in [4.69, 9.17) is 9.16 Å². The van der Waals surface area contributed by atoms with Crippen molar-refractivity contribution < 1.29 is 24.2 Å². The number of aliphatic hydroxyl groups excluding tert-OH is 2. The van der Waals surface area contributed by atoms with Crippen LogP contribution in [0.15, 0.2) is 11.6 Å². The molecule has 1 fully saturated rings. The van der Waals surface area contributed by atoms with Crippen LogP contribution in [0.25, 0.3) is 0 Å². The Bertz CT molecular complexity index is 608. The van der Waals surface area contributed by atoms with Crippen LogP contribution in [0, 0.1) is 17.8 Å². The third-order valence-electron chi connectivity index (χ3n) is 7.44. The molecule has 2 N–H and O–H groups in total. The first-order chi connectivity index (χ1) is 14.1. The summed E-state index contributed by atoms with van der Waals surface area (Å²) in [5.41, 5.74) is 0.892. The fourth-order valence-corrected chi connectivity index (χ4v) is 5.17. The zero-order valence-corrected chi connectivity index (χ0v) is 22.6. The highest BCUT2D eigenvalue weighted by Crippen LogP contribution is 2.38. The minimum atomic E-state index is -1.88. The summed E-state index contributed by atoms with van der Waals surface area (Å²) in [6.07, 6.45) is 2.74. The summed E-state index contributed by atoms with van der Waals surface area (Å²) < 4.78 is 12.3. The number of carbonyl (C=O) groups is 1. The van der Waals surface area contributed by atoms with E-state index in [0.717, 1.165) is 18.4 Å². The van der Waals surface area contributed by atoms with Crippen LogP contribution in [0.4, 0.5) is 0 Å². The van der Waals surface area contributed by atoms with Gasteiger partial charge in [-0.1, -0.05) is 54.5 Å². The smallest absolute Gasteiger partial charge is 0.308 e. The summed E-state index contributed by atoms with van der Waals surface area (Å²) in [4.78, 5) is 12.1. The third kappa shape index (κ3) is 8.30. The minimum absolute atomic E-state index is 0.0240. The van der Waals surface area contributed by atoms with Gasteiger partial charge in [0.05, 0.1) is 24.7 Å². The molecule has 0 saturated carbocycles. The van der Waals surface area contributed by atoms with Gasteiger partial charge in [-0.2, -0.15) is 0 Å². The maximum absolute atomic E-state index is 12.1. The molecule has 1 aliphatic heterocycles. The second kappa shape index (κ2) is 11.4. The van der Waals surface area contributed by atoms with Crippen molar-refractivity contribution >= 4 is 14.3 Å². The van der Waals surface area contributed by atoms with Crippen molar-refractivity contribution in [3.05, 3.63) is 11.6 Å². The highest BCUT2D eigenvalue weighted by molar-refractivity contribution is 6.74. The zero-order valence-electron chi connectivity index (χ0n) is 21.6. The average Bonchev–Trinajstić information content (AvgIpc) is 2.64. The lowest BCUT2D eigenvalue weighted by Gasteiger charge is -2.40. The van der Waals surface area contributed by atoms with Crippen molar-refractivity contribution in [2.75, 3.05) is 0 Å². The molecule has 0 aromatic heterocycles. The molecule has 0 aliphatic carbocycles. The second-order valence-corrected chi connectivity index (χ2v) is 16.3. The molecule has 31 heavy (non-hydrogen) atoms. The maximum Gasteiger partial charge on any atom is 0.308 e. The SMILES string of the molecule is C/C(=C\C[C@H](O[Si](C)(C)C(C)(C)C)C(C)C)C(O)[C@@H](C)[C@@H]1CC[C@H](C)[C@H](O)CC(=O)O1. The summed E-state index contributed by atoms with van der Waals surface area (Å²) in [7, 11) is -1.88. The summed E-state index contributed by atoms with van der Waals surface area (Å²) >= 11 is 0. The van der Waals surface area contributed by atoms with E-state index in [0.29, 0.717) is 12.3 Å². The van der Waals surface area contributed by atoms with Gasteiger partial charge < -0.3 is 19.4 Å². The van der Waals surface area contributed by atoms with E-state index in [9.17, 15) is 15.0 Å². The van der Waals surface area contributed by atoms with Crippen LogP contribution in [0.3, 0.4) is 0 Å². The molecule has 0 aromatic rings. The van der Waals surface area contributed by atoms with Crippen LogP contribution >= 0.6 is 0 Å². The molecule has 182 valence electrons. The van der Waals surface area contributed by atoms with Gasteiger partial charge in [-0.05, 0) is 61.7 Å². The van der Waals surface area contributed by atoms with Crippen LogP contribution < -0.4 is 0 Å². The second-order valence-electron chi connectivity index (χ2n) is 11.5. The summed E-state index contributed by atoms with van der Waals surface area (Å²) in [6.45, 7) is 21.5. The van der Waals surface area contributed by atoms with Crippen LogP contribution in [0.5, 0.6) is 0 Å². The molecule has 1 unspecified atom stereocenters. The van der Waals surface area contributed by atoms with Crippen molar-refractivity contribution in [1.82, 2.24) is 0 Å². The van der Waals surface area contributed by atoms with E-state index in [1.807, 2.05) is 20.8 Å². The first-order valence-electron chi connectivity index (χ1n) is 12.0. The Morgan fingerprint density at radius 2 is 1.84 bits per heavy atom. The lowest BCUT2D eigenvalue weighted by atomic mass is 9.86. The lowest BCUT2D eigenvalue weighted by molar-refractivity contribution is -0.159. The molecule has 1 aliphatic rings. The molecule has 1 heterocycles. The molecule has 6 heteroatoms. The van der Waals surface area contributed by atoms with Crippen molar-refractivity contribution in [3.63, 3.8) is 0 Å². The molecule has 0 radical (unpaired) electrons. The van der Waals surface area contributed by atoms with Crippen LogP contribution in [0.2, 0.25) is 18.1 Å². The van der Waals surface area contributed by atoms with Gasteiger partial charge in [-0.15, -0.1) is 0 Å². The van der Waals surface area contributed by atoms with Crippen molar-refractivity contribution in [2.45, 2.75) is 124 Å². The first-order valence-corrected chi connectivity index (χ1v) is 14.9. The predicted molar refractivity (Wildman–Crippen MR) is 129 cm³/mol. The Balaban J connectivity index is 2.84. The molecule has 0 aromatic carbocycles. The van der Waals surface area contributed by atoms with Gasteiger partial charge in [0.1, 0.15) is 6.10 Å². The summed E-state index contributed by atoms with van der Waals surface area (Å²) in [5.74, 6) is -0.156. The molecule has 0 amide bonds. The van der Waals surface area contributed by atoms with E-state index in [-0.39, 0.29) is 41.5 Å². The van der Waals surface area contributed by atoms with Gasteiger partial charge in [0.15, 0.2) is 8.32 Å². The molecular weight excluding hydrogens is 408 g/mol. The number of ether oxygens (including phenoxy) is 1. The molecule has 6 atom stereocenters. The number of hydrogen-bond acceptors (Lipinski definition) is 5. The number of cyclic esters (lactones) is 1. The van der Waals surface area contributed by atoms with Crippen LogP contribution in [-0.4, -0.2) is 48.9 Å². The Labute approximate surface area is 191 Å². The normalized spacial score (nSPS) is 27.3. The zero-order chi connectivity index (χ0) is 24.1. The van der Waals surface area contributed by atoms with Gasteiger partial charge in [0.25, 0.3) is 0 Å². The maximum atomic E-state index is 12.1. The van der Waals surface area contributed by atoms with Gasteiger partial charge in [-0.25, -0.2) is 0 Å². The van der Waals surface area contributed by atoms with Crippen molar-refractivity contribution in [3.8, 4) is 0 Å². The van der Waals surface area contributed by atoms with Gasteiger partial charge in [0.2, 0.25) is 0 Å². The highest BCUT2D eigenvalue weighted by atomic mass is 28.4. The fraction of sp³-hybridized carbons (Fsp3) is 0.880. The quantitative estimate of drug-likeness (QED) is 0.288. The van der Waals surface area contributed by atoms with Crippen molar-refractivity contribution in [2.24, 2.45) is 17.8 Å². The number of rotatable bonds is 8. The molecule has 5 nitrogen and oxygen atoms in total. The number of esters is 1. The Kier molecular flexibility index (Phi) is 10.5. The van der Waals surface area contributed by atoms with Crippen LogP contribution in [0.1, 0.15) is 81.1 Å². The molecule has 1 rings (SSSR count). The van der Waals surface area contributed by atoms with Gasteiger partial charge >= 0.3 is 5.97 Å². The van der Waals surface area contributed by atoms with Crippen molar-refractivity contribution in [1.29, 1.82) is 0 Å². The van der Waals surface area contributed by atoms with E-state index in [1.165, 1.54) is 0 Å². The largest absolute Gasteiger partial charge is 0.462 e. The van der Waals surface area contributed by atoms with E-state index >= 15 is 0 Å². The Morgan fingerprint density at radius 3 is 2.35 bits per heavy atom. The molecule has 0 spiro atoms. The lowest BCUT2D eigenvalue weighted by Crippen LogP contribution is -2.45. The predicted octanol–water partition coefficient (Wildman–Crippen LogP) is 5.46. The monoisotopic (exact) mass is 456 g/mol. The minimum Gasteiger partial charge on any atom is -0.462 e. The third-order valence-corrected chi connectivity index (χ3v) is 11.9. The molecule has 0 bridgehead atoms. The van der Waals surface area contributed by atoms with E-state index < -0.39 is 20.5 Å². The first kappa shape index (κ1) is 28.3. The highest BCUT2D eigenvalue weighted by Gasteiger charge is 2.39. The Hall–Kier alpha value is -0.693. The number of hydrogen-bond donors (Lipinski definition) is 2. The van der Waals surface area contributed by atoms with Crippen LogP contribution in [-0.2, 0) is 14.0 Å². The molecular formula is C25H48O5Si. The summed E-state index contributed by atoms with van der Waals surface area (Å²) in [6, 6.07) is 0. The number of aliphatic hydroxyl groups is 2. The standard InChI is InChI=1S/C25H48O5Si/c1-16(2)21(30-31(9,10)25(6,7)8)13-12-18(4)24(28)19(5)22-14-11-17(3)20(26)15-23(27)29-22/h12,16-17,19-22,24,26,28H,11,13-15H2,1-10H3/b18-12+/t17-,19-,20+,21-,22-,24?/m0/s1. The topological polar surface area (TPSA) is 76.0 Å². The van der Waals surface area contributed by atoms with E-state index in [2.05, 4.69) is 53.8 Å². The van der Waals surface area contributed by atoms with Gasteiger partial charge in [0, 0.05) is 5.92 Å². The van der Waals surface area contributed by atoms with Gasteiger partial charge in [-0.3, -0.25) is 4.79 Å². The average molecular weight is 457 g/mol. The Morgan fingerprint density at radius 1 is 1.26 bits per heavy atom. The fourth-order valence-electron chi connectivity index (χ4n) is 3.69.